The largest absolute Gasteiger partial charge is 0.353 e. The average Bonchev–Trinajstić information content (AvgIpc) is 3.07. The van der Waals surface area contributed by atoms with Gasteiger partial charge in [-0.05, 0) is 32.8 Å². The smallest absolute Gasteiger partial charge is 0.271 e. The summed E-state index contributed by atoms with van der Waals surface area (Å²) in [5.41, 5.74) is 1.81. The number of nitrogens with zero attached hydrogens (tertiary/aromatic N) is 5. The molecule has 0 atom stereocenters. The maximum atomic E-state index is 11.7. The molecule has 2 heterocycles. The normalized spacial score (nSPS) is 14.4. The van der Waals surface area contributed by atoms with E-state index in [2.05, 4.69) is 20.6 Å². The lowest BCUT2D eigenvalue weighted by Crippen LogP contribution is -2.27. The van der Waals surface area contributed by atoms with Crippen molar-refractivity contribution in [3.8, 4) is 5.95 Å². The molecule has 112 valence electrons. The molecule has 0 bridgehead atoms. The SMILES string of the molecule is Cc1cc(C)n(-c2nnc(SCC(=O)NC3CC3)n2N)n1. The Morgan fingerprint density at radius 3 is 2.86 bits per heavy atom. The second-order valence-corrected chi connectivity index (χ2v) is 6.06. The minimum absolute atomic E-state index is 0.00170. The number of nitrogen functional groups attached to an aromatic ring is 1. The highest BCUT2D eigenvalue weighted by molar-refractivity contribution is 7.99. The molecule has 1 saturated carbocycles. The molecule has 0 aliphatic heterocycles. The van der Waals surface area contributed by atoms with Gasteiger partial charge in [0.1, 0.15) is 0 Å². The van der Waals surface area contributed by atoms with Crippen LogP contribution in [0.4, 0.5) is 0 Å². The Morgan fingerprint density at radius 2 is 2.24 bits per heavy atom. The van der Waals surface area contributed by atoms with Gasteiger partial charge in [0.2, 0.25) is 11.1 Å². The fourth-order valence-corrected chi connectivity index (χ4v) is 2.63. The lowest BCUT2D eigenvalue weighted by atomic mass is 10.4. The highest BCUT2D eigenvalue weighted by Crippen LogP contribution is 2.20. The molecule has 8 nitrogen and oxygen atoms in total. The standard InChI is InChI=1S/C12H17N7OS/c1-7-5-8(2)19(17-7)11-15-16-12(18(11)13)21-6-10(20)14-9-3-4-9/h5,9H,3-4,6,13H2,1-2H3,(H,14,20). The molecule has 0 spiro atoms. The summed E-state index contributed by atoms with van der Waals surface area (Å²) in [6, 6.07) is 2.30. The van der Waals surface area contributed by atoms with Gasteiger partial charge >= 0.3 is 0 Å². The van der Waals surface area contributed by atoms with E-state index >= 15 is 0 Å². The Hall–Kier alpha value is -2.03. The van der Waals surface area contributed by atoms with E-state index in [0.29, 0.717) is 17.1 Å². The summed E-state index contributed by atoms with van der Waals surface area (Å²) < 4.78 is 2.99. The van der Waals surface area contributed by atoms with Crippen molar-refractivity contribution in [2.24, 2.45) is 0 Å². The van der Waals surface area contributed by atoms with E-state index < -0.39 is 0 Å². The zero-order valence-electron chi connectivity index (χ0n) is 11.9. The molecule has 21 heavy (non-hydrogen) atoms. The quantitative estimate of drug-likeness (QED) is 0.602. The molecule has 1 fully saturated rings. The van der Waals surface area contributed by atoms with Gasteiger partial charge in [-0.25, -0.2) is 9.36 Å². The highest BCUT2D eigenvalue weighted by Gasteiger charge is 2.23. The van der Waals surface area contributed by atoms with Gasteiger partial charge in [0, 0.05) is 11.7 Å². The lowest BCUT2D eigenvalue weighted by molar-refractivity contribution is -0.118. The first-order valence-electron chi connectivity index (χ1n) is 6.71. The van der Waals surface area contributed by atoms with Gasteiger partial charge < -0.3 is 11.2 Å². The number of thioether (sulfide) groups is 1. The predicted molar refractivity (Wildman–Crippen MR) is 78.7 cm³/mol. The first-order valence-corrected chi connectivity index (χ1v) is 7.69. The van der Waals surface area contributed by atoms with E-state index in [9.17, 15) is 4.79 Å². The highest BCUT2D eigenvalue weighted by atomic mass is 32.2. The fourth-order valence-electron chi connectivity index (χ4n) is 1.97. The molecule has 2 aromatic rings. The Morgan fingerprint density at radius 1 is 1.48 bits per heavy atom. The molecule has 3 N–H and O–H groups in total. The molecule has 3 rings (SSSR count). The third-order valence-corrected chi connectivity index (χ3v) is 4.06. The molecular weight excluding hydrogens is 290 g/mol. The van der Waals surface area contributed by atoms with Crippen molar-refractivity contribution in [2.45, 2.75) is 37.9 Å². The third kappa shape index (κ3) is 3.02. The number of aryl methyl sites for hydroxylation is 2. The van der Waals surface area contributed by atoms with Crippen LogP contribution >= 0.6 is 11.8 Å². The Bertz CT molecular complexity index is 673. The van der Waals surface area contributed by atoms with Crippen LogP contribution in [-0.2, 0) is 4.79 Å². The number of hydrogen-bond acceptors (Lipinski definition) is 6. The number of aromatic nitrogens is 5. The van der Waals surface area contributed by atoms with E-state index in [-0.39, 0.29) is 11.7 Å². The monoisotopic (exact) mass is 307 g/mol. The number of hydrogen-bond donors (Lipinski definition) is 2. The van der Waals surface area contributed by atoms with Crippen LogP contribution in [0.25, 0.3) is 5.95 Å². The minimum Gasteiger partial charge on any atom is -0.353 e. The number of carbonyl (C=O) groups is 1. The molecule has 1 aliphatic rings. The van der Waals surface area contributed by atoms with Gasteiger partial charge in [-0.15, -0.1) is 10.2 Å². The van der Waals surface area contributed by atoms with Crippen LogP contribution in [0.1, 0.15) is 24.2 Å². The van der Waals surface area contributed by atoms with Crippen molar-refractivity contribution in [2.75, 3.05) is 11.6 Å². The molecule has 0 unspecified atom stereocenters. The molecule has 2 aromatic heterocycles. The molecule has 0 radical (unpaired) electrons. The van der Waals surface area contributed by atoms with Gasteiger partial charge in [0.15, 0.2) is 0 Å². The topological polar surface area (TPSA) is 104 Å². The van der Waals surface area contributed by atoms with Gasteiger partial charge in [0.25, 0.3) is 5.95 Å². The maximum absolute atomic E-state index is 11.7. The minimum atomic E-state index is -0.00170. The Labute approximate surface area is 126 Å². The maximum Gasteiger partial charge on any atom is 0.271 e. The van der Waals surface area contributed by atoms with Gasteiger partial charge in [0.05, 0.1) is 11.4 Å². The second kappa shape index (κ2) is 5.40. The van der Waals surface area contributed by atoms with Gasteiger partial charge in [-0.3, -0.25) is 4.79 Å². The van der Waals surface area contributed by atoms with Crippen LogP contribution in [0.3, 0.4) is 0 Å². The van der Waals surface area contributed by atoms with Crippen LogP contribution in [0.2, 0.25) is 0 Å². The van der Waals surface area contributed by atoms with Crippen molar-refractivity contribution >= 4 is 17.7 Å². The molecular formula is C12H17N7OS. The van der Waals surface area contributed by atoms with Gasteiger partial charge in [-0.2, -0.15) is 5.10 Å². The third-order valence-electron chi connectivity index (χ3n) is 3.12. The summed E-state index contributed by atoms with van der Waals surface area (Å²) in [7, 11) is 0. The summed E-state index contributed by atoms with van der Waals surface area (Å²) >= 11 is 1.26. The van der Waals surface area contributed by atoms with E-state index in [4.69, 9.17) is 5.84 Å². The molecule has 0 saturated heterocycles. The number of nitrogens with one attached hydrogen (secondary N) is 1. The molecule has 1 amide bonds. The van der Waals surface area contributed by atoms with E-state index in [1.807, 2.05) is 19.9 Å². The first-order chi connectivity index (χ1) is 10.0. The van der Waals surface area contributed by atoms with Crippen LogP contribution in [-0.4, -0.2) is 42.4 Å². The fraction of sp³-hybridized carbons (Fsp3) is 0.500. The van der Waals surface area contributed by atoms with E-state index in [0.717, 1.165) is 24.2 Å². The van der Waals surface area contributed by atoms with Crippen molar-refractivity contribution < 1.29 is 4.79 Å². The molecule has 9 heteroatoms. The molecule has 0 aromatic carbocycles. The summed E-state index contributed by atoms with van der Waals surface area (Å²) in [5, 5.41) is 15.8. The Balaban J connectivity index is 1.70. The van der Waals surface area contributed by atoms with E-state index in [1.54, 1.807) is 4.68 Å². The predicted octanol–water partition coefficient (Wildman–Crippen LogP) is 0.165. The summed E-state index contributed by atoms with van der Waals surface area (Å²) in [6.07, 6.45) is 2.15. The van der Waals surface area contributed by atoms with Crippen LogP contribution in [0.15, 0.2) is 11.2 Å². The molecule has 1 aliphatic carbocycles. The lowest BCUT2D eigenvalue weighted by Gasteiger charge is -2.05. The number of nitrogens with two attached hydrogens (primary N) is 1. The van der Waals surface area contributed by atoms with Crippen LogP contribution < -0.4 is 11.2 Å². The average molecular weight is 307 g/mol. The summed E-state index contributed by atoms with van der Waals surface area (Å²) in [6.45, 7) is 3.82. The second-order valence-electron chi connectivity index (χ2n) is 5.12. The number of amides is 1. The van der Waals surface area contributed by atoms with Crippen molar-refractivity contribution in [1.82, 2.24) is 30.0 Å². The van der Waals surface area contributed by atoms with Crippen molar-refractivity contribution in [3.05, 3.63) is 17.5 Å². The first kappa shape index (κ1) is 13.9. The number of rotatable bonds is 5. The van der Waals surface area contributed by atoms with Gasteiger partial charge in [-0.1, -0.05) is 11.8 Å². The summed E-state index contributed by atoms with van der Waals surface area (Å²) in [4.78, 5) is 11.7. The number of carbonyl (C=O) groups excluding carboxylic acids is 1. The zero-order valence-corrected chi connectivity index (χ0v) is 12.7. The van der Waals surface area contributed by atoms with Crippen molar-refractivity contribution in [1.29, 1.82) is 0 Å². The summed E-state index contributed by atoms with van der Waals surface area (Å²) in [5.74, 6) is 6.71. The van der Waals surface area contributed by atoms with Crippen molar-refractivity contribution in [3.63, 3.8) is 0 Å². The van der Waals surface area contributed by atoms with E-state index in [1.165, 1.54) is 16.4 Å². The van der Waals surface area contributed by atoms with Crippen LogP contribution in [0, 0.1) is 13.8 Å². The Kier molecular flexibility index (Phi) is 3.58. The zero-order chi connectivity index (χ0) is 15.0. The van der Waals surface area contributed by atoms with Crippen LogP contribution in [0.5, 0.6) is 0 Å².